The standard InChI is InChI=1S/C16H14ClN3O3S/c1-10(15(22)18-12-4-2-11(17)3-5-12)23-14(21)8-13-9-20-6-7-24-16(20)19-13/h2-7,9-10H,8H2,1H3,(H,18,22)/t10-/m0/s1. The first-order valence-electron chi connectivity index (χ1n) is 7.18. The van der Waals surface area contributed by atoms with E-state index in [1.54, 1.807) is 30.5 Å². The number of rotatable bonds is 5. The smallest absolute Gasteiger partial charge is 0.312 e. The fraction of sp³-hybridized carbons (Fsp3) is 0.188. The van der Waals surface area contributed by atoms with Crippen molar-refractivity contribution in [3.63, 3.8) is 0 Å². The van der Waals surface area contributed by atoms with E-state index in [9.17, 15) is 9.59 Å². The summed E-state index contributed by atoms with van der Waals surface area (Å²) in [5.41, 5.74) is 1.19. The third-order valence-corrected chi connectivity index (χ3v) is 4.28. The molecule has 0 aliphatic rings. The molecule has 2 aromatic heterocycles. The molecular weight excluding hydrogens is 350 g/mol. The van der Waals surface area contributed by atoms with Gasteiger partial charge in [0.25, 0.3) is 5.91 Å². The Balaban J connectivity index is 1.54. The lowest BCUT2D eigenvalue weighted by Gasteiger charge is -2.13. The average Bonchev–Trinajstić information content (AvgIpc) is 3.10. The van der Waals surface area contributed by atoms with Crippen molar-refractivity contribution in [2.24, 2.45) is 0 Å². The monoisotopic (exact) mass is 363 g/mol. The molecule has 0 saturated heterocycles. The Morgan fingerprint density at radius 2 is 2.12 bits per heavy atom. The molecule has 8 heteroatoms. The molecule has 0 unspecified atom stereocenters. The van der Waals surface area contributed by atoms with E-state index in [1.165, 1.54) is 18.3 Å². The van der Waals surface area contributed by atoms with E-state index in [4.69, 9.17) is 16.3 Å². The molecule has 1 aromatic carbocycles. The van der Waals surface area contributed by atoms with Gasteiger partial charge in [-0.3, -0.25) is 14.0 Å². The Hall–Kier alpha value is -2.38. The number of carbonyl (C=O) groups is 2. The van der Waals surface area contributed by atoms with Crippen molar-refractivity contribution >= 4 is 45.5 Å². The zero-order chi connectivity index (χ0) is 17.1. The highest BCUT2D eigenvalue weighted by atomic mass is 35.5. The summed E-state index contributed by atoms with van der Waals surface area (Å²) in [6.07, 6.45) is 2.75. The van der Waals surface area contributed by atoms with Gasteiger partial charge in [-0.15, -0.1) is 11.3 Å². The summed E-state index contributed by atoms with van der Waals surface area (Å²) in [5, 5.41) is 5.15. The maximum atomic E-state index is 12.0. The average molecular weight is 364 g/mol. The molecule has 1 atom stereocenters. The molecule has 0 bridgehead atoms. The zero-order valence-corrected chi connectivity index (χ0v) is 14.3. The van der Waals surface area contributed by atoms with Crippen LogP contribution in [-0.4, -0.2) is 27.4 Å². The fourth-order valence-electron chi connectivity index (χ4n) is 2.08. The summed E-state index contributed by atoms with van der Waals surface area (Å²) in [5.74, 6) is -0.906. The Kier molecular flexibility index (Phi) is 4.82. The van der Waals surface area contributed by atoms with E-state index in [0.29, 0.717) is 16.4 Å². The predicted molar refractivity (Wildman–Crippen MR) is 92.4 cm³/mol. The minimum Gasteiger partial charge on any atom is -0.452 e. The van der Waals surface area contributed by atoms with Gasteiger partial charge >= 0.3 is 5.97 Å². The number of nitrogens with zero attached hydrogens (tertiary/aromatic N) is 2. The van der Waals surface area contributed by atoms with Crippen LogP contribution in [0.1, 0.15) is 12.6 Å². The highest BCUT2D eigenvalue weighted by Gasteiger charge is 2.19. The van der Waals surface area contributed by atoms with Crippen molar-refractivity contribution in [3.8, 4) is 0 Å². The maximum Gasteiger partial charge on any atom is 0.312 e. The number of imidazole rings is 1. The number of halogens is 1. The summed E-state index contributed by atoms with van der Waals surface area (Å²) < 4.78 is 7.00. The van der Waals surface area contributed by atoms with Gasteiger partial charge in [-0.25, -0.2) is 4.98 Å². The molecule has 2 heterocycles. The van der Waals surface area contributed by atoms with Crippen LogP contribution in [0.4, 0.5) is 5.69 Å². The zero-order valence-electron chi connectivity index (χ0n) is 12.7. The van der Waals surface area contributed by atoms with E-state index in [-0.39, 0.29) is 6.42 Å². The number of amides is 1. The van der Waals surface area contributed by atoms with E-state index >= 15 is 0 Å². The van der Waals surface area contributed by atoms with Crippen molar-refractivity contribution in [3.05, 3.63) is 52.8 Å². The number of nitrogens with one attached hydrogen (secondary N) is 1. The minimum atomic E-state index is -0.906. The Labute approximate surface area is 147 Å². The number of benzene rings is 1. The van der Waals surface area contributed by atoms with E-state index < -0.39 is 18.0 Å². The first-order chi connectivity index (χ1) is 11.5. The topological polar surface area (TPSA) is 72.7 Å². The van der Waals surface area contributed by atoms with Gasteiger partial charge in [0.05, 0.1) is 12.1 Å². The van der Waals surface area contributed by atoms with Crippen LogP contribution in [0.5, 0.6) is 0 Å². The van der Waals surface area contributed by atoms with Gasteiger partial charge in [0, 0.05) is 28.5 Å². The third kappa shape index (κ3) is 3.93. The number of carbonyl (C=O) groups excluding carboxylic acids is 2. The van der Waals surface area contributed by atoms with E-state index in [0.717, 1.165) is 4.96 Å². The number of aromatic nitrogens is 2. The molecule has 1 N–H and O–H groups in total. The number of hydrogen-bond donors (Lipinski definition) is 1. The first-order valence-corrected chi connectivity index (χ1v) is 8.44. The van der Waals surface area contributed by atoms with Crippen LogP contribution in [0.2, 0.25) is 5.02 Å². The molecule has 124 valence electrons. The molecule has 0 fully saturated rings. The lowest BCUT2D eigenvalue weighted by Crippen LogP contribution is -2.30. The molecule has 0 aliphatic carbocycles. The van der Waals surface area contributed by atoms with Crippen LogP contribution in [0, 0.1) is 0 Å². The van der Waals surface area contributed by atoms with Crippen molar-refractivity contribution < 1.29 is 14.3 Å². The molecule has 1 amide bonds. The highest BCUT2D eigenvalue weighted by Crippen LogP contribution is 2.14. The van der Waals surface area contributed by atoms with Gasteiger partial charge in [0.2, 0.25) is 0 Å². The largest absolute Gasteiger partial charge is 0.452 e. The van der Waals surface area contributed by atoms with Crippen molar-refractivity contribution in [1.29, 1.82) is 0 Å². The van der Waals surface area contributed by atoms with Crippen LogP contribution < -0.4 is 5.32 Å². The maximum absolute atomic E-state index is 12.0. The highest BCUT2D eigenvalue weighted by molar-refractivity contribution is 7.15. The Bertz CT molecular complexity index is 844. The number of hydrogen-bond acceptors (Lipinski definition) is 5. The lowest BCUT2D eigenvalue weighted by atomic mass is 10.3. The molecule has 3 aromatic rings. The van der Waals surface area contributed by atoms with Gasteiger partial charge in [-0.2, -0.15) is 0 Å². The molecule has 6 nitrogen and oxygen atoms in total. The second kappa shape index (κ2) is 7.02. The van der Waals surface area contributed by atoms with Crippen molar-refractivity contribution in [1.82, 2.24) is 9.38 Å². The molecular formula is C16H14ClN3O3S. The number of fused-ring (bicyclic) bond motifs is 1. The first kappa shape index (κ1) is 16.5. The summed E-state index contributed by atoms with van der Waals surface area (Å²) in [6.45, 7) is 1.52. The number of thiazole rings is 1. The predicted octanol–water partition coefficient (Wildman–Crippen LogP) is 3.16. The van der Waals surface area contributed by atoms with Gasteiger partial charge in [0.1, 0.15) is 0 Å². The number of ether oxygens (including phenoxy) is 1. The van der Waals surface area contributed by atoms with E-state index in [1.807, 2.05) is 16.0 Å². The second-order valence-corrected chi connectivity index (χ2v) is 6.44. The number of esters is 1. The molecule has 0 saturated carbocycles. The lowest BCUT2D eigenvalue weighted by molar-refractivity contribution is -0.152. The van der Waals surface area contributed by atoms with Gasteiger partial charge in [-0.1, -0.05) is 11.6 Å². The van der Waals surface area contributed by atoms with Crippen molar-refractivity contribution in [2.75, 3.05) is 5.32 Å². The Morgan fingerprint density at radius 1 is 1.38 bits per heavy atom. The molecule has 3 rings (SSSR count). The fourth-order valence-corrected chi connectivity index (χ4v) is 2.92. The molecule has 0 radical (unpaired) electrons. The summed E-state index contributed by atoms with van der Waals surface area (Å²) in [7, 11) is 0. The summed E-state index contributed by atoms with van der Waals surface area (Å²) in [4.78, 5) is 29.1. The normalized spacial score (nSPS) is 12.1. The van der Waals surface area contributed by atoms with Crippen LogP contribution in [0.15, 0.2) is 42.0 Å². The molecule has 0 aliphatic heterocycles. The van der Waals surface area contributed by atoms with E-state index in [2.05, 4.69) is 10.3 Å². The number of anilines is 1. The van der Waals surface area contributed by atoms with Crippen LogP contribution in [0.25, 0.3) is 4.96 Å². The molecule has 24 heavy (non-hydrogen) atoms. The summed E-state index contributed by atoms with van der Waals surface area (Å²) >= 11 is 7.27. The van der Waals surface area contributed by atoms with Crippen LogP contribution in [-0.2, 0) is 20.7 Å². The van der Waals surface area contributed by atoms with Crippen LogP contribution >= 0.6 is 22.9 Å². The van der Waals surface area contributed by atoms with Gasteiger partial charge in [0.15, 0.2) is 11.1 Å². The SMILES string of the molecule is C[C@H](OC(=O)Cc1cn2ccsc2n1)C(=O)Nc1ccc(Cl)cc1. The Morgan fingerprint density at radius 3 is 2.83 bits per heavy atom. The van der Waals surface area contributed by atoms with Gasteiger partial charge < -0.3 is 10.1 Å². The quantitative estimate of drug-likeness (QED) is 0.707. The van der Waals surface area contributed by atoms with Gasteiger partial charge in [-0.05, 0) is 31.2 Å². The van der Waals surface area contributed by atoms with Crippen molar-refractivity contribution in [2.45, 2.75) is 19.4 Å². The van der Waals surface area contributed by atoms with Crippen LogP contribution in [0.3, 0.4) is 0 Å². The minimum absolute atomic E-state index is 0.0208. The molecule has 0 spiro atoms. The second-order valence-electron chi connectivity index (χ2n) is 5.13. The third-order valence-electron chi connectivity index (χ3n) is 3.26. The summed E-state index contributed by atoms with van der Waals surface area (Å²) in [6, 6.07) is 6.68.